The summed E-state index contributed by atoms with van der Waals surface area (Å²) in [7, 11) is 0. The Hall–Kier alpha value is -8.16. The molecule has 0 bridgehead atoms. The number of carbonyl (C=O) groups excluding carboxylic acids is 8. The van der Waals surface area contributed by atoms with Crippen molar-refractivity contribution in [2.45, 2.75) is 169 Å². The highest BCUT2D eigenvalue weighted by atomic mass is 16.7. The number of hydrogen-bond acceptors (Lipinski definition) is 20. The Kier molecular flexibility index (Phi) is 31.5. The van der Waals surface area contributed by atoms with Crippen molar-refractivity contribution < 1.29 is 98.1 Å². The summed E-state index contributed by atoms with van der Waals surface area (Å²) in [5.74, 6) is -0.300. The minimum Gasteiger partial charge on any atom is -0.434 e. The van der Waals surface area contributed by atoms with Gasteiger partial charge in [0.2, 0.25) is 0 Å². The smallest absolute Gasteiger partial charge is 0.434 e. The van der Waals surface area contributed by atoms with Crippen LogP contribution in [0.4, 0.5) is 19.2 Å². The van der Waals surface area contributed by atoms with Crippen LogP contribution >= 0.6 is 0 Å². The highest BCUT2D eigenvalue weighted by Crippen LogP contribution is 2.34. The van der Waals surface area contributed by atoms with E-state index in [9.17, 15) is 38.4 Å². The second kappa shape index (κ2) is 39.5. The number of benzene rings is 4. The highest BCUT2D eigenvalue weighted by molar-refractivity contribution is 5.79. The molecule has 472 valence electrons. The summed E-state index contributed by atoms with van der Waals surface area (Å²) in [6.45, 7) is 9.59. The molecule has 2 fully saturated rings. The maximum atomic E-state index is 12.7. The standard InChI is InChI=1S/C34H44O10.C32H40O10.2H2/c1-3-5-7-9-23-39-33(37)43-29-19-15-27(16-20-29)41-31(35)25-11-13-26(14-12-25)32(36)42-28-17-21-30(22-18-28)44-34(38)40-24-10-8-6-4-2;1-3-5-7-21-37-31(35)41-27-17-13-25(14-18-27)39-29(33)23-9-11-24(12-10-23)30(34)40-26-15-19-28(20-16-26)42-32(36)38-22-8-6-4-2;;/h15-22,25-26H,3-14,23-24H2,1-2H3;13-20,23-24H,3-12,21-22H2,1-2H3;2*1H. The molecule has 0 atom stereocenters. The van der Waals surface area contributed by atoms with Gasteiger partial charge in [0.15, 0.2) is 0 Å². The van der Waals surface area contributed by atoms with Gasteiger partial charge in [-0.25, -0.2) is 19.2 Å². The molecule has 2 saturated carbocycles. The van der Waals surface area contributed by atoms with E-state index >= 15 is 0 Å². The molecule has 0 unspecified atom stereocenters. The zero-order valence-electron chi connectivity index (χ0n) is 50.1. The predicted octanol–water partition coefficient (Wildman–Crippen LogP) is 16.1. The lowest BCUT2D eigenvalue weighted by atomic mass is 9.82. The highest BCUT2D eigenvalue weighted by Gasteiger charge is 2.34. The predicted molar refractivity (Wildman–Crippen MR) is 319 cm³/mol. The van der Waals surface area contributed by atoms with E-state index in [0.717, 1.165) is 89.9 Å². The molecule has 20 nitrogen and oxygen atoms in total. The van der Waals surface area contributed by atoms with Gasteiger partial charge >= 0.3 is 48.5 Å². The monoisotopic (exact) mass is 1200 g/mol. The Morgan fingerprint density at radius 3 is 0.616 bits per heavy atom. The third kappa shape index (κ3) is 26.8. The van der Waals surface area contributed by atoms with Crippen LogP contribution in [0.3, 0.4) is 0 Å². The van der Waals surface area contributed by atoms with Gasteiger partial charge in [0.1, 0.15) is 46.0 Å². The first-order chi connectivity index (χ1) is 41.7. The molecule has 86 heavy (non-hydrogen) atoms. The number of ether oxygens (including phenoxy) is 12. The normalized spacial score (nSPS) is 16.0. The van der Waals surface area contributed by atoms with Crippen LogP contribution in [0.25, 0.3) is 0 Å². The minimum atomic E-state index is -0.771. The summed E-state index contributed by atoms with van der Waals surface area (Å²) in [5.41, 5.74) is 0. The molecule has 0 heterocycles. The Bertz CT molecular complexity index is 2500. The zero-order chi connectivity index (χ0) is 61.7. The summed E-state index contributed by atoms with van der Waals surface area (Å²) in [4.78, 5) is 97.9. The van der Waals surface area contributed by atoms with E-state index in [-0.39, 0.29) is 61.9 Å². The van der Waals surface area contributed by atoms with Crippen molar-refractivity contribution in [3.8, 4) is 46.0 Å². The Balaban J connectivity index is 0.000000450. The van der Waals surface area contributed by atoms with E-state index in [1.54, 1.807) is 48.5 Å². The van der Waals surface area contributed by atoms with E-state index in [1.165, 1.54) is 48.5 Å². The molecule has 0 saturated heterocycles. The molecule has 0 N–H and O–H groups in total. The first-order valence-electron chi connectivity index (χ1n) is 30.4. The zero-order valence-corrected chi connectivity index (χ0v) is 50.1. The fraction of sp³-hybridized carbons (Fsp3) is 0.515. The van der Waals surface area contributed by atoms with Crippen LogP contribution in [0, 0.1) is 23.7 Å². The maximum absolute atomic E-state index is 12.7. The lowest BCUT2D eigenvalue weighted by molar-refractivity contribution is -0.145. The lowest BCUT2D eigenvalue weighted by Crippen LogP contribution is -2.30. The fourth-order valence-electron chi connectivity index (χ4n) is 9.12. The molecule has 2 aliphatic rings. The Labute approximate surface area is 507 Å². The second-order valence-corrected chi connectivity index (χ2v) is 21.0. The largest absolute Gasteiger partial charge is 0.513 e. The third-order valence-electron chi connectivity index (χ3n) is 14.1. The Morgan fingerprint density at radius 2 is 0.430 bits per heavy atom. The molecular weight excluding hydrogens is 1110 g/mol. The fourth-order valence-corrected chi connectivity index (χ4v) is 9.12. The van der Waals surface area contributed by atoms with Crippen molar-refractivity contribution in [1.29, 1.82) is 0 Å². The summed E-state index contributed by atoms with van der Waals surface area (Å²) < 4.78 is 62.7. The van der Waals surface area contributed by atoms with Gasteiger partial charge in [-0.05, 0) is 174 Å². The van der Waals surface area contributed by atoms with Gasteiger partial charge in [-0.1, -0.05) is 91.9 Å². The molecule has 0 amide bonds. The van der Waals surface area contributed by atoms with Gasteiger partial charge in [-0.15, -0.1) is 0 Å². The lowest BCUT2D eigenvalue weighted by Gasteiger charge is -2.25. The van der Waals surface area contributed by atoms with Gasteiger partial charge in [-0.2, -0.15) is 0 Å². The van der Waals surface area contributed by atoms with E-state index in [2.05, 4.69) is 27.7 Å². The summed E-state index contributed by atoms with van der Waals surface area (Å²) in [6, 6.07) is 24.7. The first-order valence-corrected chi connectivity index (χ1v) is 30.4. The average Bonchev–Trinajstić information content (AvgIpc) is 3.71. The quantitative estimate of drug-likeness (QED) is 0.0155. The molecule has 0 radical (unpaired) electrons. The number of carbonyl (C=O) groups is 8. The van der Waals surface area contributed by atoms with Crippen LogP contribution in [-0.2, 0) is 38.1 Å². The van der Waals surface area contributed by atoms with Gasteiger partial charge in [-0.3, -0.25) is 19.2 Å². The van der Waals surface area contributed by atoms with Gasteiger partial charge < -0.3 is 56.8 Å². The topological polar surface area (TPSA) is 247 Å². The summed E-state index contributed by atoms with van der Waals surface area (Å²) in [5, 5.41) is 0. The molecule has 4 aromatic rings. The molecule has 0 aromatic heterocycles. The van der Waals surface area contributed by atoms with Crippen LogP contribution in [0.1, 0.15) is 172 Å². The molecular formula is C66H88O20. The van der Waals surface area contributed by atoms with E-state index in [1.807, 2.05) is 0 Å². The SMILES string of the molecule is CCCCCCOC(=O)Oc1ccc(OC(=O)C2CCC(C(=O)Oc3ccc(OC(=O)OCCCCCC)cc3)CC2)cc1.CCCCCOC(=O)Oc1ccc(OC(=O)C2CCC(C(=O)Oc3ccc(OC(=O)OCCCCC)cc3)CC2)cc1.[HH].[HH]. The average molecular weight is 1200 g/mol. The van der Waals surface area contributed by atoms with Crippen molar-refractivity contribution in [2.75, 3.05) is 26.4 Å². The van der Waals surface area contributed by atoms with Crippen molar-refractivity contribution in [2.24, 2.45) is 23.7 Å². The van der Waals surface area contributed by atoms with Crippen molar-refractivity contribution in [3.05, 3.63) is 97.1 Å². The van der Waals surface area contributed by atoms with Crippen molar-refractivity contribution >= 4 is 48.5 Å². The number of rotatable bonds is 30. The van der Waals surface area contributed by atoms with E-state index in [4.69, 9.17) is 56.8 Å². The van der Waals surface area contributed by atoms with Crippen LogP contribution in [0.5, 0.6) is 46.0 Å². The molecule has 2 aliphatic carbocycles. The second-order valence-electron chi connectivity index (χ2n) is 21.0. The molecule has 0 aliphatic heterocycles. The molecule has 20 heteroatoms. The molecule has 6 rings (SSSR count). The third-order valence-corrected chi connectivity index (χ3v) is 14.1. The number of hydrogen-bond donors (Lipinski definition) is 0. The number of esters is 4. The first kappa shape index (κ1) is 68.6. The molecule has 0 spiro atoms. The van der Waals surface area contributed by atoms with Crippen LogP contribution < -0.4 is 37.9 Å². The van der Waals surface area contributed by atoms with Gasteiger partial charge in [0.25, 0.3) is 0 Å². The van der Waals surface area contributed by atoms with Crippen LogP contribution in [-0.4, -0.2) is 74.9 Å². The molecule has 4 aromatic carbocycles. The summed E-state index contributed by atoms with van der Waals surface area (Å²) >= 11 is 0. The van der Waals surface area contributed by atoms with Crippen LogP contribution in [0.2, 0.25) is 0 Å². The van der Waals surface area contributed by atoms with E-state index in [0.29, 0.717) is 112 Å². The maximum Gasteiger partial charge on any atom is 0.513 e. The minimum absolute atomic E-state index is 0. The summed E-state index contributed by atoms with van der Waals surface area (Å²) in [6.07, 6.45) is 14.5. The number of unbranched alkanes of at least 4 members (excludes halogenated alkanes) is 10. The van der Waals surface area contributed by atoms with Gasteiger partial charge in [0, 0.05) is 2.85 Å². The van der Waals surface area contributed by atoms with E-state index < -0.39 is 24.6 Å². The Morgan fingerprint density at radius 1 is 0.267 bits per heavy atom. The van der Waals surface area contributed by atoms with Crippen molar-refractivity contribution in [1.82, 2.24) is 0 Å². The van der Waals surface area contributed by atoms with Crippen molar-refractivity contribution in [3.63, 3.8) is 0 Å². The van der Waals surface area contributed by atoms with Gasteiger partial charge in [0.05, 0.1) is 50.1 Å². The van der Waals surface area contributed by atoms with Crippen LogP contribution in [0.15, 0.2) is 97.1 Å².